The molecule has 9 heteroatoms. The maximum absolute atomic E-state index is 13.5. The van der Waals surface area contributed by atoms with Crippen LogP contribution in [-0.4, -0.2) is 33.0 Å². The summed E-state index contributed by atoms with van der Waals surface area (Å²) in [6.07, 6.45) is 0. The van der Waals surface area contributed by atoms with E-state index in [1.807, 2.05) is 54.6 Å². The van der Waals surface area contributed by atoms with Gasteiger partial charge in [-0.25, -0.2) is 9.67 Å². The Balaban J connectivity index is 1.55. The molecule has 0 saturated heterocycles. The zero-order chi connectivity index (χ0) is 22.1. The molecule has 5 rings (SSSR count). The summed E-state index contributed by atoms with van der Waals surface area (Å²) >= 11 is 7.78. The van der Waals surface area contributed by atoms with E-state index in [-0.39, 0.29) is 12.5 Å². The molecule has 0 radical (unpaired) electrons. The first-order valence-electron chi connectivity index (χ1n) is 9.89. The number of ether oxygens (including phenoxy) is 1. The molecule has 160 valence electrons. The molecule has 5 aromatic rings. The molecule has 0 N–H and O–H groups in total. The van der Waals surface area contributed by atoms with Gasteiger partial charge in [-0.1, -0.05) is 70.6 Å². The van der Waals surface area contributed by atoms with Gasteiger partial charge in [-0.05, 0) is 29.8 Å². The SMILES string of the molecule is COc1ccc(Cl)c2sc(N(Cc3ccccc3)C(=O)Cn3nnc4ccccc43)nc12. The number of hydrogen-bond acceptors (Lipinski definition) is 6. The normalized spacial score (nSPS) is 11.2. The summed E-state index contributed by atoms with van der Waals surface area (Å²) in [6.45, 7) is 0.403. The summed E-state index contributed by atoms with van der Waals surface area (Å²) in [5.74, 6) is 0.458. The minimum Gasteiger partial charge on any atom is -0.494 e. The number of carbonyl (C=O) groups is 1. The molecule has 7 nitrogen and oxygen atoms in total. The van der Waals surface area contributed by atoms with Crippen molar-refractivity contribution >= 4 is 55.2 Å². The third kappa shape index (κ3) is 3.79. The summed E-state index contributed by atoms with van der Waals surface area (Å²) in [5.41, 5.74) is 3.17. The van der Waals surface area contributed by atoms with Crippen molar-refractivity contribution in [3.05, 3.63) is 77.3 Å². The minimum absolute atomic E-state index is 0.0359. The molecule has 0 atom stereocenters. The zero-order valence-corrected chi connectivity index (χ0v) is 18.7. The Labute approximate surface area is 192 Å². The van der Waals surface area contributed by atoms with Crippen LogP contribution in [0.5, 0.6) is 5.75 Å². The number of carbonyl (C=O) groups excluding carboxylic acids is 1. The van der Waals surface area contributed by atoms with Gasteiger partial charge in [-0.2, -0.15) is 0 Å². The van der Waals surface area contributed by atoms with Gasteiger partial charge in [-0.3, -0.25) is 9.69 Å². The number of anilines is 1. The second-order valence-corrected chi connectivity index (χ2v) is 8.51. The van der Waals surface area contributed by atoms with Crippen LogP contribution in [0, 0.1) is 0 Å². The van der Waals surface area contributed by atoms with E-state index in [1.54, 1.807) is 28.8 Å². The Morgan fingerprint density at radius 2 is 1.88 bits per heavy atom. The van der Waals surface area contributed by atoms with Crippen LogP contribution in [0.15, 0.2) is 66.7 Å². The van der Waals surface area contributed by atoms with Crippen LogP contribution in [0.3, 0.4) is 0 Å². The van der Waals surface area contributed by atoms with Crippen molar-refractivity contribution in [3.8, 4) is 5.75 Å². The molecule has 3 aromatic carbocycles. The highest BCUT2D eigenvalue weighted by Gasteiger charge is 2.23. The average molecular weight is 464 g/mol. The lowest BCUT2D eigenvalue weighted by atomic mass is 10.2. The van der Waals surface area contributed by atoms with Crippen LogP contribution >= 0.6 is 22.9 Å². The van der Waals surface area contributed by atoms with Crippen molar-refractivity contribution in [2.45, 2.75) is 13.1 Å². The van der Waals surface area contributed by atoms with E-state index in [0.717, 1.165) is 21.3 Å². The minimum atomic E-state index is -0.154. The third-order valence-corrected chi connectivity index (χ3v) is 6.63. The maximum Gasteiger partial charge on any atom is 0.250 e. The number of benzene rings is 3. The summed E-state index contributed by atoms with van der Waals surface area (Å²) in [7, 11) is 1.59. The fourth-order valence-electron chi connectivity index (χ4n) is 3.50. The van der Waals surface area contributed by atoms with Gasteiger partial charge >= 0.3 is 0 Å². The lowest BCUT2D eigenvalue weighted by Crippen LogP contribution is -2.33. The largest absolute Gasteiger partial charge is 0.494 e. The second kappa shape index (κ2) is 8.57. The molecule has 0 unspecified atom stereocenters. The Kier molecular flexibility index (Phi) is 5.46. The Bertz CT molecular complexity index is 1420. The van der Waals surface area contributed by atoms with Gasteiger partial charge in [-0.15, -0.1) is 5.10 Å². The predicted octanol–water partition coefficient (Wildman–Crippen LogP) is 4.94. The number of aromatic nitrogens is 4. The van der Waals surface area contributed by atoms with E-state index in [9.17, 15) is 4.79 Å². The quantitative estimate of drug-likeness (QED) is 0.356. The third-order valence-electron chi connectivity index (χ3n) is 5.09. The van der Waals surface area contributed by atoms with Crippen LogP contribution in [0.4, 0.5) is 5.13 Å². The summed E-state index contributed by atoms with van der Waals surface area (Å²) < 4.78 is 7.83. The summed E-state index contributed by atoms with van der Waals surface area (Å²) in [6, 6.07) is 20.9. The Hall–Kier alpha value is -3.49. The van der Waals surface area contributed by atoms with Crippen molar-refractivity contribution < 1.29 is 9.53 Å². The number of amides is 1. The average Bonchev–Trinajstić information content (AvgIpc) is 3.44. The first-order chi connectivity index (χ1) is 15.6. The second-order valence-electron chi connectivity index (χ2n) is 7.13. The number of para-hydroxylation sites is 1. The molecule has 1 amide bonds. The van der Waals surface area contributed by atoms with Crippen molar-refractivity contribution in [1.82, 2.24) is 20.0 Å². The molecule has 0 spiro atoms. The highest BCUT2D eigenvalue weighted by molar-refractivity contribution is 7.23. The predicted molar refractivity (Wildman–Crippen MR) is 126 cm³/mol. The highest BCUT2D eigenvalue weighted by Crippen LogP contribution is 2.39. The lowest BCUT2D eigenvalue weighted by molar-refractivity contribution is -0.119. The first-order valence-corrected chi connectivity index (χ1v) is 11.1. The topological polar surface area (TPSA) is 73.1 Å². The standard InChI is InChI=1S/C23H18ClN5O2S/c1-31-19-12-11-16(24)22-21(19)25-23(32-22)28(13-15-7-3-2-4-8-15)20(30)14-29-18-10-6-5-9-17(18)26-27-29/h2-12H,13-14H2,1H3. The van der Waals surface area contributed by atoms with E-state index in [1.165, 1.54) is 11.3 Å². The van der Waals surface area contributed by atoms with Crippen LogP contribution in [0.25, 0.3) is 21.3 Å². The Morgan fingerprint density at radius 3 is 2.69 bits per heavy atom. The molecule has 0 bridgehead atoms. The highest BCUT2D eigenvalue weighted by atomic mass is 35.5. The number of thiazole rings is 1. The smallest absolute Gasteiger partial charge is 0.250 e. The van der Waals surface area contributed by atoms with Gasteiger partial charge in [0, 0.05) is 0 Å². The molecule has 0 aliphatic carbocycles. The van der Waals surface area contributed by atoms with Crippen LogP contribution in [0.2, 0.25) is 5.02 Å². The fraction of sp³-hybridized carbons (Fsp3) is 0.130. The number of methoxy groups -OCH3 is 1. The van der Waals surface area contributed by atoms with Crippen molar-refractivity contribution in [2.75, 3.05) is 12.0 Å². The van der Waals surface area contributed by atoms with E-state index in [4.69, 9.17) is 21.3 Å². The van der Waals surface area contributed by atoms with E-state index in [0.29, 0.717) is 28.0 Å². The summed E-state index contributed by atoms with van der Waals surface area (Å²) in [5, 5.41) is 9.43. The molecule has 0 fully saturated rings. The summed E-state index contributed by atoms with van der Waals surface area (Å²) in [4.78, 5) is 19.9. The van der Waals surface area contributed by atoms with Gasteiger partial charge in [0.05, 0.1) is 28.9 Å². The maximum atomic E-state index is 13.5. The van der Waals surface area contributed by atoms with Gasteiger partial charge in [0.2, 0.25) is 0 Å². The van der Waals surface area contributed by atoms with Crippen LogP contribution in [0.1, 0.15) is 5.56 Å². The number of hydrogen-bond donors (Lipinski definition) is 0. The van der Waals surface area contributed by atoms with Crippen molar-refractivity contribution in [3.63, 3.8) is 0 Å². The van der Waals surface area contributed by atoms with Gasteiger partial charge in [0.1, 0.15) is 23.3 Å². The van der Waals surface area contributed by atoms with Gasteiger partial charge in [0.25, 0.3) is 5.91 Å². The molecule has 0 saturated carbocycles. The fourth-order valence-corrected chi connectivity index (χ4v) is 4.77. The monoisotopic (exact) mass is 463 g/mol. The molecular formula is C23H18ClN5O2S. The zero-order valence-electron chi connectivity index (χ0n) is 17.1. The number of fused-ring (bicyclic) bond motifs is 2. The molecular weight excluding hydrogens is 446 g/mol. The van der Waals surface area contributed by atoms with E-state index >= 15 is 0 Å². The van der Waals surface area contributed by atoms with Crippen LogP contribution < -0.4 is 9.64 Å². The first kappa shape index (κ1) is 20.4. The van der Waals surface area contributed by atoms with E-state index < -0.39 is 0 Å². The molecule has 0 aliphatic heterocycles. The lowest BCUT2D eigenvalue weighted by Gasteiger charge is -2.20. The molecule has 0 aliphatic rings. The molecule has 2 heterocycles. The Morgan fingerprint density at radius 1 is 1.09 bits per heavy atom. The number of halogens is 1. The number of nitrogens with zero attached hydrogens (tertiary/aromatic N) is 5. The molecule has 2 aromatic heterocycles. The van der Waals surface area contributed by atoms with Crippen molar-refractivity contribution in [1.29, 1.82) is 0 Å². The van der Waals surface area contributed by atoms with Crippen molar-refractivity contribution in [2.24, 2.45) is 0 Å². The van der Waals surface area contributed by atoms with Gasteiger partial charge < -0.3 is 4.74 Å². The van der Waals surface area contributed by atoms with Crippen LogP contribution in [-0.2, 0) is 17.9 Å². The van der Waals surface area contributed by atoms with E-state index in [2.05, 4.69) is 10.3 Å². The molecule has 32 heavy (non-hydrogen) atoms. The number of rotatable bonds is 6. The van der Waals surface area contributed by atoms with Gasteiger partial charge in [0.15, 0.2) is 5.13 Å².